The van der Waals surface area contributed by atoms with E-state index in [0.29, 0.717) is 19.4 Å². The normalized spacial score (nSPS) is 18.4. The van der Waals surface area contributed by atoms with Crippen LogP contribution in [0.4, 0.5) is 10.6 Å². The number of aryl methyl sites for hydroxylation is 2. The van der Waals surface area contributed by atoms with Crippen molar-refractivity contribution < 1.29 is 29.0 Å². The van der Waals surface area contributed by atoms with Gasteiger partial charge >= 0.3 is 12.1 Å². The van der Waals surface area contributed by atoms with E-state index >= 15 is 0 Å². The SMILES string of the molecule is CC(C)(C)OC(=O)N1CCOC[C@H]1C(=O)N[C@@H](CCCCCCCc1ccc2c(n1)NCCC2)C(=O)O. The van der Waals surface area contributed by atoms with Crippen LogP contribution in [-0.2, 0) is 31.9 Å². The van der Waals surface area contributed by atoms with Crippen LogP contribution in [0.25, 0.3) is 0 Å². The number of carboxylic acids is 1. The van der Waals surface area contributed by atoms with E-state index in [2.05, 4.69) is 22.8 Å². The van der Waals surface area contributed by atoms with Gasteiger partial charge in [0, 0.05) is 18.8 Å². The monoisotopic (exact) mass is 518 g/mol. The number of pyridine rings is 1. The predicted molar refractivity (Wildman–Crippen MR) is 140 cm³/mol. The molecule has 1 saturated heterocycles. The van der Waals surface area contributed by atoms with E-state index in [9.17, 15) is 19.5 Å². The smallest absolute Gasteiger partial charge is 0.411 e. The van der Waals surface area contributed by atoms with Crippen molar-refractivity contribution in [3.05, 3.63) is 23.4 Å². The van der Waals surface area contributed by atoms with Gasteiger partial charge in [0.05, 0.1) is 13.2 Å². The molecule has 1 fully saturated rings. The number of aliphatic carboxylic acids is 1. The second-order valence-electron chi connectivity index (χ2n) is 10.8. The minimum atomic E-state index is -1.08. The van der Waals surface area contributed by atoms with Gasteiger partial charge in [0.1, 0.15) is 23.5 Å². The van der Waals surface area contributed by atoms with Crippen LogP contribution in [0, 0.1) is 0 Å². The number of carbonyl (C=O) groups is 3. The molecule has 0 radical (unpaired) electrons. The summed E-state index contributed by atoms with van der Waals surface area (Å²) in [6, 6.07) is 2.36. The molecule has 0 aliphatic carbocycles. The molecule has 10 nitrogen and oxygen atoms in total. The van der Waals surface area contributed by atoms with Crippen molar-refractivity contribution in [3.63, 3.8) is 0 Å². The fourth-order valence-electron chi connectivity index (χ4n) is 4.58. The first-order valence-electron chi connectivity index (χ1n) is 13.5. The van der Waals surface area contributed by atoms with Gasteiger partial charge in [0.15, 0.2) is 0 Å². The Labute approximate surface area is 219 Å². The predicted octanol–water partition coefficient (Wildman–Crippen LogP) is 3.53. The largest absolute Gasteiger partial charge is 0.480 e. The minimum Gasteiger partial charge on any atom is -0.480 e. The number of hydrogen-bond acceptors (Lipinski definition) is 7. The number of carboxylic acid groups (broad SMARTS) is 1. The number of hydrogen-bond donors (Lipinski definition) is 3. The zero-order chi connectivity index (χ0) is 26.8. The quantitative estimate of drug-likeness (QED) is 0.379. The summed E-state index contributed by atoms with van der Waals surface area (Å²) in [4.78, 5) is 43.3. The Morgan fingerprint density at radius 3 is 2.73 bits per heavy atom. The van der Waals surface area contributed by atoms with Crippen LogP contribution < -0.4 is 10.6 Å². The molecule has 1 aromatic rings. The van der Waals surface area contributed by atoms with Gasteiger partial charge in [-0.1, -0.05) is 31.7 Å². The zero-order valence-corrected chi connectivity index (χ0v) is 22.4. The number of aromatic nitrogens is 1. The van der Waals surface area contributed by atoms with E-state index in [1.54, 1.807) is 20.8 Å². The third-order valence-electron chi connectivity index (χ3n) is 6.55. The first kappa shape index (κ1) is 28.7. The van der Waals surface area contributed by atoms with Crippen LogP contribution in [0.15, 0.2) is 12.1 Å². The Balaban J connectivity index is 1.38. The van der Waals surface area contributed by atoms with Gasteiger partial charge in [-0.05, 0) is 64.5 Å². The Bertz CT molecular complexity index is 932. The lowest BCUT2D eigenvalue weighted by Gasteiger charge is -2.36. The third-order valence-corrected chi connectivity index (χ3v) is 6.55. The minimum absolute atomic E-state index is 0.00650. The number of nitrogens with one attached hydrogen (secondary N) is 2. The molecular formula is C27H42N4O6. The molecule has 3 rings (SSSR count). The van der Waals surface area contributed by atoms with Gasteiger partial charge in [-0.25, -0.2) is 14.6 Å². The van der Waals surface area contributed by atoms with E-state index in [4.69, 9.17) is 14.5 Å². The third kappa shape index (κ3) is 9.18. The first-order chi connectivity index (χ1) is 17.6. The summed E-state index contributed by atoms with van der Waals surface area (Å²) in [7, 11) is 0. The Hall–Kier alpha value is -2.88. The fraction of sp³-hybridized carbons (Fsp3) is 0.704. The van der Waals surface area contributed by atoms with Crippen LogP contribution in [0.5, 0.6) is 0 Å². The van der Waals surface area contributed by atoms with Crippen molar-refractivity contribution in [3.8, 4) is 0 Å². The molecule has 0 spiro atoms. The highest BCUT2D eigenvalue weighted by atomic mass is 16.6. The van der Waals surface area contributed by atoms with Gasteiger partial charge in [-0.3, -0.25) is 9.69 Å². The molecular weight excluding hydrogens is 476 g/mol. The number of carbonyl (C=O) groups excluding carboxylic acids is 2. The van der Waals surface area contributed by atoms with E-state index in [-0.39, 0.29) is 13.2 Å². The molecule has 10 heteroatoms. The lowest BCUT2D eigenvalue weighted by molar-refractivity contribution is -0.144. The Morgan fingerprint density at radius 1 is 1.22 bits per heavy atom. The molecule has 0 bridgehead atoms. The number of rotatable bonds is 11. The van der Waals surface area contributed by atoms with E-state index < -0.39 is 35.7 Å². The highest BCUT2D eigenvalue weighted by Crippen LogP contribution is 2.21. The van der Waals surface area contributed by atoms with Crippen molar-refractivity contribution in [2.45, 2.75) is 96.2 Å². The van der Waals surface area contributed by atoms with Crippen LogP contribution in [0.1, 0.15) is 77.0 Å². The highest BCUT2D eigenvalue weighted by Gasteiger charge is 2.37. The van der Waals surface area contributed by atoms with Crippen LogP contribution in [0.2, 0.25) is 0 Å². The summed E-state index contributed by atoms with van der Waals surface area (Å²) in [6.07, 6.45) is 7.54. The summed E-state index contributed by atoms with van der Waals surface area (Å²) in [5, 5.41) is 15.6. The number of unbranched alkanes of at least 4 members (excludes halogenated alkanes) is 4. The molecule has 2 aliphatic heterocycles. The van der Waals surface area contributed by atoms with E-state index in [1.807, 2.05) is 0 Å². The zero-order valence-electron chi connectivity index (χ0n) is 22.4. The Kier molecular flexibility index (Phi) is 10.5. The summed E-state index contributed by atoms with van der Waals surface area (Å²) in [5.41, 5.74) is 1.70. The molecule has 0 aromatic carbocycles. The number of nitrogens with zero attached hydrogens (tertiary/aromatic N) is 2. The molecule has 206 valence electrons. The van der Waals surface area contributed by atoms with Gasteiger partial charge < -0.3 is 25.2 Å². The summed E-state index contributed by atoms with van der Waals surface area (Å²) < 4.78 is 10.8. The van der Waals surface area contributed by atoms with Gasteiger partial charge in [0.2, 0.25) is 5.91 Å². The van der Waals surface area contributed by atoms with Crippen LogP contribution in [0.3, 0.4) is 0 Å². The van der Waals surface area contributed by atoms with Crippen LogP contribution in [-0.4, -0.2) is 76.9 Å². The molecule has 2 atom stereocenters. The van der Waals surface area contributed by atoms with Crippen molar-refractivity contribution in [2.75, 3.05) is 31.6 Å². The average Bonchev–Trinajstić information content (AvgIpc) is 2.86. The number of fused-ring (bicyclic) bond motifs is 1. The number of anilines is 1. The maximum absolute atomic E-state index is 12.9. The molecule has 3 heterocycles. The second kappa shape index (κ2) is 13.6. The van der Waals surface area contributed by atoms with Crippen molar-refractivity contribution in [2.24, 2.45) is 0 Å². The second-order valence-corrected chi connectivity index (χ2v) is 10.8. The number of ether oxygens (including phenoxy) is 2. The molecule has 1 aromatic heterocycles. The van der Waals surface area contributed by atoms with Gasteiger partial charge in [-0.2, -0.15) is 0 Å². The van der Waals surface area contributed by atoms with E-state index in [0.717, 1.165) is 63.0 Å². The average molecular weight is 519 g/mol. The topological polar surface area (TPSA) is 130 Å². The molecule has 3 N–H and O–H groups in total. The summed E-state index contributed by atoms with van der Waals surface area (Å²) in [5.74, 6) is -0.592. The molecule has 37 heavy (non-hydrogen) atoms. The van der Waals surface area contributed by atoms with Crippen molar-refractivity contribution >= 4 is 23.8 Å². The lowest BCUT2D eigenvalue weighted by Crippen LogP contribution is -2.58. The van der Waals surface area contributed by atoms with Crippen LogP contribution >= 0.6 is 0 Å². The molecule has 2 aliphatic rings. The molecule has 0 saturated carbocycles. The van der Waals surface area contributed by atoms with Crippen molar-refractivity contribution in [1.82, 2.24) is 15.2 Å². The highest BCUT2D eigenvalue weighted by molar-refractivity contribution is 5.89. The Morgan fingerprint density at radius 2 is 1.97 bits per heavy atom. The maximum atomic E-state index is 12.9. The number of morpholine rings is 1. The van der Waals surface area contributed by atoms with Gasteiger partial charge in [-0.15, -0.1) is 0 Å². The lowest BCUT2D eigenvalue weighted by atomic mass is 10.0. The molecule has 0 unspecified atom stereocenters. The van der Waals surface area contributed by atoms with Gasteiger partial charge in [0.25, 0.3) is 0 Å². The number of amides is 2. The standard InChI is InChI=1S/C27H42N4O6/c1-27(2,3)37-26(35)31-16-17-36-18-22(31)24(32)30-21(25(33)34)12-8-6-4-5-7-11-20-14-13-19-10-9-15-28-23(19)29-20/h13-14,21-22H,4-12,15-18H2,1-3H3,(H,28,29)(H,30,32)(H,33,34)/t21-,22-/m0/s1. The maximum Gasteiger partial charge on any atom is 0.411 e. The van der Waals surface area contributed by atoms with Crippen molar-refractivity contribution in [1.29, 1.82) is 0 Å². The fourth-order valence-corrected chi connectivity index (χ4v) is 4.58. The summed E-state index contributed by atoms with van der Waals surface area (Å²) >= 11 is 0. The van der Waals surface area contributed by atoms with E-state index in [1.165, 1.54) is 10.5 Å². The molecule has 2 amide bonds. The first-order valence-corrected chi connectivity index (χ1v) is 13.5. The summed E-state index contributed by atoms with van der Waals surface area (Å²) in [6.45, 7) is 6.76.